The van der Waals surface area contributed by atoms with Gasteiger partial charge in [-0.1, -0.05) is 26.0 Å². The largest absolute Gasteiger partial charge is 0.497 e. The summed E-state index contributed by atoms with van der Waals surface area (Å²) in [5.74, 6) is 0.583. The van der Waals surface area contributed by atoms with E-state index in [2.05, 4.69) is 36.6 Å². The molecule has 0 radical (unpaired) electrons. The fraction of sp³-hybridized carbons (Fsp3) is 0.375. The number of esters is 1. The van der Waals surface area contributed by atoms with Crippen LogP contribution in [0.1, 0.15) is 53.9 Å². The van der Waals surface area contributed by atoms with E-state index in [0.29, 0.717) is 5.56 Å². The SMILES string of the molecule is COC(=O)c1ccc2c(c1)c1c(n2Cc2ccc(OC)cc2)CCCC1(C)C. The van der Waals surface area contributed by atoms with Gasteiger partial charge in [0.15, 0.2) is 0 Å². The number of hydrogen-bond acceptors (Lipinski definition) is 3. The maximum atomic E-state index is 12.1. The van der Waals surface area contributed by atoms with Gasteiger partial charge in [0.25, 0.3) is 0 Å². The van der Waals surface area contributed by atoms with E-state index < -0.39 is 0 Å². The highest BCUT2D eigenvalue weighted by molar-refractivity contribution is 5.97. The third kappa shape index (κ3) is 3.07. The van der Waals surface area contributed by atoms with Crippen LogP contribution in [0.4, 0.5) is 0 Å². The maximum Gasteiger partial charge on any atom is 0.337 e. The minimum absolute atomic E-state index is 0.0890. The van der Waals surface area contributed by atoms with Crippen LogP contribution in [-0.2, 0) is 23.1 Å². The number of rotatable bonds is 4. The van der Waals surface area contributed by atoms with Crippen LogP contribution in [0.2, 0.25) is 0 Å². The molecule has 0 N–H and O–H groups in total. The molecule has 0 saturated heterocycles. The molecule has 1 aliphatic rings. The molecule has 0 aliphatic heterocycles. The van der Waals surface area contributed by atoms with Crippen LogP contribution in [-0.4, -0.2) is 24.8 Å². The molecule has 1 aromatic heterocycles. The van der Waals surface area contributed by atoms with Crippen LogP contribution < -0.4 is 4.74 Å². The minimum Gasteiger partial charge on any atom is -0.497 e. The predicted molar refractivity (Wildman–Crippen MR) is 111 cm³/mol. The Balaban J connectivity index is 1.89. The van der Waals surface area contributed by atoms with Crippen LogP contribution in [0, 0.1) is 0 Å². The van der Waals surface area contributed by atoms with Crippen molar-refractivity contribution in [2.75, 3.05) is 14.2 Å². The van der Waals surface area contributed by atoms with E-state index in [0.717, 1.165) is 25.1 Å². The summed E-state index contributed by atoms with van der Waals surface area (Å²) in [5.41, 5.74) is 5.90. The van der Waals surface area contributed by atoms with E-state index in [1.54, 1.807) is 7.11 Å². The van der Waals surface area contributed by atoms with Gasteiger partial charge < -0.3 is 14.0 Å². The lowest BCUT2D eigenvalue weighted by Gasteiger charge is -2.31. The number of benzene rings is 2. The molecule has 0 saturated carbocycles. The molecule has 4 rings (SSSR count). The van der Waals surface area contributed by atoms with Crippen LogP contribution in [0.25, 0.3) is 10.9 Å². The number of carbonyl (C=O) groups is 1. The molecule has 0 spiro atoms. The summed E-state index contributed by atoms with van der Waals surface area (Å²) in [6, 6.07) is 14.2. The van der Waals surface area contributed by atoms with E-state index in [4.69, 9.17) is 9.47 Å². The number of ether oxygens (including phenoxy) is 2. The van der Waals surface area contributed by atoms with Crippen LogP contribution in [0.5, 0.6) is 5.75 Å². The monoisotopic (exact) mass is 377 g/mol. The second kappa shape index (κ2) is 7.01. The van der Waals surface area contributed by atoms with E-state index in [9.17, 15) is 4.79 Å². The molecule has 0 fully saturated rings. The van der Waals surface area contributed by atoms with Crippen molar-refractivity contribution in [1.82, 2.24) is 4.57 Å². The van der Waals surface area contributed by atoms with Gasteiger partial charge in [0.05, 0.1) is 19.8 Å². The predicted octanol–water partition coefficient (Wildman–Crippen LogP) is 5.10. The average Bonchev–Trinajstić information content (AvgIpc) is 3.02. The van der Waals surface area contributed by atoms with Gasteiger partial charge >= 0.3 is 5.97 Å². The second-order valence-corrected chi connectivity index (χ2v) is 8.22. The third-order valence-electron chi connectivity index (χ3n) is 5.98. The highest BCUT2D eigenvalue weighted by atomic mass is 16.5. The molecule has 2 aromatic carbocycles. The highest BCUT2D eigenvalue weighted by Gasteiger charge is 2.33. The number of hydrogen-bond donors (Lipinski definition) is 0. The van der Waals surface area contributed by atoms with Gasteiger partial charge in [-0.3, -0.25) is 0 Å². The van der Waals surface area contributed by atoms with E-state index in [-0.39, 0.29) is 11.4 Å². The third-order valence-corrected chi connectivity index (χ3v) is 5.98. The number of nitrogens with zero attached hydrogens (tertiary/aromatic N) is 1. The minimum atomic E-state index is -0.285. The molecule has 4 heteroatoms. The Bertz CT molecular complexity index is 1030. The lowest BCUT2D eigenvalue weighted by Crippen LogP contribution is -2.24. The molecular weight excluding hydrogens is 350 g/mol. The fourth-order valence-corrected chi connectivity index (χ4v) is 4.58. The number of carbonyl (C=O) groups excluding carboxylic acids is 1. The normalized spacial score (nSPS) is 15.3. The molecular formula is C24H27NO3. The van der Waals surface area contributed by atoms with Gasteiger partial charge in [-0.25, -0.2) is 4.79 Å². The molecule has 0 atom stereocenters. The van der Waals surface area contributed by atoms with Crippen molar-refractivity contribution >= 4 is 16.9 Å². The number of methoxy groups -OCH3 is 2. The van der Waals surface area contributed by atoms with Crippen LogP contribution in [0.3, 0.4) is 0 Å². The second-order valence-electron chi connectivity index (χ2n) is 8.22. The molecule has 0 bridgehead atoms. The van der Waals surface area contributed by atoms with Gasteiger partial charge in [-0.2, -0.15) is 0 Å². The topological polar surface area (TPSA) is 40.5 Å². The van der Waals surface area contributed by atoms with E-state index in [1.165, 1.54) is 41.3 Å². The first-order valence-corrected chi connectivity index (χ1v) is 9.81. The number of fused-ring (bicyclic) bond motifs is 3. The van der Waals surface area contributed by atoms with Gasteiger partial charge in [0.2, 0.25) is 0 Å². The molecule has 0 unspecified atom stereocenters. The summed E-state index contributed by atoms with van der Waals surface area (Å²) in [7, 11) is 3.12. The van der Waals surface area contributed by atoms with Gasteiger partial charge in [0, 0.05) is 23.1 Å². The number of aromatic nitrogens is 1. The lowest BCUT2D eigenvalue weighted by atomic mass is 9.74. The molecule has 0 amide bonds. The van der Waals surface area contributed by atoms with Crippen molar-refractivity contribution in [3.63, 3.8) is 0 Å². The summed E-state index contributed by atoms with van der Waals surface area (Å²) in [4.78, 5) is 12.1. The van der Waals surface area contributed by atoms with Crippen molar-refractivity contribution < 1.29 is 14.3 Å². The lowest BCUT2D eigenvalue weighted by molar-refractivity contribution is 0.0601. The fourth-order valence-electron chi connectivity index (χ4n) is 4.58. The summed E-state index contributed by atoms with van der Waals surface area (Å²) in [6.45, 7) is 5.43. The van der Waals surface area contributed by atoms with E-state index in [1.807, 2.05) is 24.3 Å². The Hall–Kier alpha value is -2.75. The Labute approximate surface area is 166 Å². The maximum absolute atomic E-state index is 12.1. The molecule has 1 heterocycles. The summed E-state index contributed by atoms with van der Waals surface area (Å²) in [6.07, 6.45) is 3.41. The zero-order valence-corrected chi connectivity index (χ0v) is 17.0. The average molecular weight is 377 g/mol. The van der Waals surface area contributed by atoms with E-state index >= 15 is 0 Å². The van der Waals surface area contributed by atoms with Crippen LogP contribution in [0.15, 0.2) is 42.5 Å². The van der Waals surface area contributed by atoms with Crippen molar-refractivity contribution in [2.24, 2.45) is 0 Å². The van der Waals surface area contributed by atoms with Gasteiger partial charge in [-0.15, -0.1) is 0 Å². The Kier molecular flexibility index (Phi) is 4.66. The summed E-state index contributed by atoms with van der Waals surface area (Å²) < 4.78 is 12.7. The quantitative estimate of drug-likeness (QED) is 0.594. The molecule has 3 aromatic rings. The zero-order chi connectivity index (χ0) is 19.9. The Morgan fingerprint density at radius 1 is 1.11 bits per heavy atom. The Morgan fingerprint density at radius 3 is 2.54 bits per heavy atom. The smallest absolute Gasteiger partial charge is 0.337 e. The molecule has 146 valence electrons. The van der Waals surface area contributed by atoms with Crippen molar-refractivity contribution in [3.05, 3.63) is 64.8 Å². The van der Waals surface area contributed by atoms with Crippen molar-refractivity contribution in [1.29, 1.82) is 0 Å². The summed E-state index contributed by atoms with van der Waals surface area (Å²) >= 11 is 0. The molecule has 1 aliphatic carbocycles. The first-order chi connectivity index (χ1) is 13.4. The van der Waals surface area contributed by atoms with Crippen molar-refractivity contribution in [3.8, 4) is 5.75 Å². The van der Waals surface area contributed by atoms with Crippen LogP contribution >= 0.6 is 0 Å². The molecule has 28 heavy (non-hydrogen) atoms. The first-order valence-electron chi connectivity index (χ1n) is 9.81. The standard InChI is InChI=1S/C24H27NO3/c1-24(2)13-5-6-21-22(24)19-14-17(23(26)28-4)9-12-20(19)25(21)15-16-7-10-18(27-3)11-8-16/h7-12,14H,5-6,13,15H2,1-4H3. The summed E-state index contributed by atoms with van der Waals surface area (Å²) in [5, 5.41) is 1.18. The van der Waals surface area contributed by atoms with Crippen molar-refractivity contribution in [2.45, 2.75) is 45.1 Å². The van der Waals surface area contributed by atoms with Gasteiger partial charge in [-0.05, 0) is 66.1 Å². The highest BCUT2D eigenvalue weighted by Crippen LogP contribution is 2.43. The molecule has 4 nitrogen and oxygen atoms in total. The zero-order valence-electron chi connectivity index (χ0n) is 17.0. The Morgan fingerprint density at radius 2 is 1.86 bits per heavy atom. The first kappa shape index (κ1) is 18.6. The van der Waals surface area contributed by atoms with Gasteiger partial charge in [0.1, 0.15) is 5.75 Å².